The van der Waals surface area contributed by atoms with Crippen LogP contribution in [0.4, 0.5) is 4.39 Å². The van der Waals surface area contributed by atoms with Crippen molar-refractivity contribution in [3.63, 3.8) is 0 Å². The summed E-state index contributed by atoms with van der Waals surface area (Å²) in [5.74, 6) is 1.05. The van der Waals surface area contributed by atoms with Crippen LogP contribution in [0.5, 0.6) is 0 Å². The highest BCUT2D eigenvalue weighted by atomic mass is 32.2. The first-order chi connectivity index (χ1) is 10.00. The van der Waals surface area contributed by atoms with Crippen LogP contribution in [0.25, 0.3) is 11.3 Å². The number of sulfonamides is 1. The van der Waals surface area contributed by atoms with Crippen LogP contribution < -0.4 is 10.0 Å². The fourth-order valence-electron chi connectivity index (χ4n) is 1.76. The molecule has 1 aromatic heterocycles. The van der Waals surface area contributed by atoms with Crippen LogP contribution in [0.1, 0.15) is 5.76 Å². The smallest absolute Gasteiger partial charge is 0.212 e. The third-order valence-corrected chi connectivity index (χ3v) is 4.31. The van der Waals surface area contributed by atoms with Crippen molar-refractivity contribution in [1.82, 2.24) is 10.0 Å². The first-order valence-electron chi connectivity index (χ1n) is 6.47. The van der Waals surface area contributed by atoms with Gasteiger partial charge in [-0.25, -0.2) is 17.5 Å². The summed E-state index contributed by atoms with van der Waals surface area (Å²) in [4.78, 5) is 0. The minimum absolute atomic E-state index is 0.00896. The Hall–Kier alpha value is -1.70. The molecular formula is C14H17FN2O3S. The third kappa shape index (κ3) is 4.66. The molecular weight excluding hydrogens is 295 g/mol. The lowest BCUT2D eigenvalue weighted by Crippen LogP contribution is -2.29. The number of hydrogen-bond acceptors (Lipinski definition) is 4. The van der Waals surface area contributed by atoms with Gasteiger partial charge in [0, 0.05) is 12.1 Å². The largest absolute Gasteiger partial charge is 0.460 e. The van der Waals surface area contributed by atoms with E-state index in [2.05, 4.69) is 10.0 Å². The molecule has 0 saturated carbocycles. The number of hydrogen-bond donors (Lipinski definition) is 2. The predicted octanol–water partition coefficient (Wildman–Crippen LogP) is 1.72. The summed E-state index contributed by atoms with van der Waals surface area (Å²) in [6.45, 7) is 0.760. The number of nitrogens with one attached hydrogen (secondary N) is 2. The Labute approximate surface area is 123 Å². The zero-order valence-electron chi connectivity index (χ0n) is 11.6. The van der Waals surface area contributed by atoms with Crippen LogP contribution in [-0.2, 0) is 16.6 Å². The van der Waals surface area contributed by atoms with Gasteiger partial charge in [0.25, 0.3) is 0 Å². The van der Waals surface area contributed by atoms with E-state index in [4.69, 9.17) is 4.42 Å². The second kappa shape index (κ2) is 6.84. The van der Waals surface area contributed by atoms with Crippen LogP contribution in [-0.4, -0.2) is 27.8 Å². The van der Waals surface area contributed by atoms with Gasteiger partial charge in [-0.2, -0.15) is 0 Å². The lowest BCUT2D eigenvalue weighted by molar-refractivity contribution is 0.497. The van der Waals surface area contributed by atoms with E-state index in [0.29, 0.717) is 24.6 Å². The maximum Gasteiger partial charge on any atom is 0.212 e. The van der Waals surface area contributed by atoms with Crippen molar-refractivity contribution in [3.8, 4) is 11.3 Å². The maximum atomic E-state index is 12.8. The predicted molar refractivity (Wildman–Crippen MR) is 78.7 cm³/mol. The Morgan fingerprint density at radius 1 is 1.14 bits per heavy atom. The highest BCUT2D eigenvalue weighted by Crippen LogP contribution is 2.22. The Bertz CT molecular complexity index is 680. The normalized spacial score (nSPS) is 11.7. The minimum Gasteiger partial charge on any atom is -0.460 e. The summed E-state index contributed by atoms with van der Waals surface area (Å²) >= 11 is 0. The second-order valence-electron chi connectivity index (χ2n) is 4.47. The number of rotatable bonds is 7. The number of halogens is 1. The highest BCUT2D eigenvalue weighted by molar-refractivity contribution is 7.89. The van der Waals surface area contributed by atoms with Gasteiger partial charge in [-0.15, -0.1) is 0 Å². The molecule has 1 aromatic carbocycles. The van der Waals surface area contributed by atoms with Crippen molar-refractivity contribution >= 4 is 10.0 Å². The molecule has 114 valence electrons. The average molecular weight is 312 g/mol. The van der Waals surface area contributed by atoms with Crippen LogP contribution in [0.15, 0.2) is 40.8 Å². The number of benzene rings is 1. The van der Waals surface area contributed by atoms with Gasteiger partial charge in [0.1, 0.15) is 17.3 Å². The molecule has 0 radical (unpaired) electrons. The number of furan rings is 1. The second-order valence-corrected chi connectivity index (χ2v) is 6.52. The van der Waals surface area contributed by atoms with E-state index in [-0.39, 0.29) is 11.6 Å². The molecule has 0 aliphatic rings. The van der Waals surface area contributed by atoms with Crippen molar-refractivity contribution in [2.75, 3.05) is 19.3 Å². The first-order valence-corrected chi connectivity index (χ1v) is 8.12. The van der Waals surface area contributed by atoms with Gasteiger partial charge in [-0.1, -0.05) is 0 Å². The Morgan fingerprint density at radius 2 is 1.86 bits per heavy atom. The zero-order valence-corrected chi connectivity index (χ0v) is 12.4. The van der Waals surface area contributed by atoms with E-state index in [1.54, 1.807) is 24.3 Å². The molecule has 7 heteroatoms. The van der Waals surface area contributed by atoms with Crippen molar-refractivity contribution < 1.29 is 17.2 Å². The Kier molecular flexibility index (Phi) is 5.11. The molecule has 21 heavy (non-hydrogen) atoms. The molecule has 0 bridgehead atoms. The van der Waals surface area contributed by atoms with Gasteiger partial charge >= 0.3 is 0 Å². The van der Waals surface area contributed by atoms with Crippen LogP contribution in [0.2, 0.25) is 0 Å². The van der Waals surface area contributed by atoms with E-state index < -0.39 is 10.0 Å². The van der Waals surface area contributed by atoms with E-state index in [0.717, 1.165) is 5.56 Å². The summed E-state index contributed by atoms with van der Waals surface area (Å²) in [7, 11) is -1.81. The van der Waals surface area contributed by atoms with E-state index in [1.807, 2.05) is 0 Å². The fraction of sp³-hybridized carbons (Fsp3) is 0.286. The van der Waals surface area contributed by atoms with Gasteiger partial charge in [0.2, 0.25) is 10.0 Å². The van der Waals surface area contributed by atoms with E-state index in [1.165, 1.54) is 19.2 Å². The molecule has 0 atom stereocenters. The standard InChI is InChI=1S/C14H17FN2O3S/c1-16-21(18,19)9-8-17-10-13-6-7-14(20-13)11-2-4-12(15)5-3-11/h2-7,16-17H,8-10H2,1H3. The molecule has 0 amide bonds. The van der Waals surface area contributed by atoms with Gasteiger partial charge in [-0.3, -0.25) is 0 Å². The quantitative estimate of drug-likeness (QED) is 0.764. The summed E-state index contributed by atoms with van der Waals surface area (Å²) in [6.07, 6.45) is 0. The molecule has 2 aromatic rings. The molecule has 0 spiro atoms. The van der Waals surface area contributed by atoms with Gasteiger partial charge < -0.3 is 9.73 Å². The molecule has 2 rings (SSSR count). The van der Waals surface area contributed by atoms with Crippen molar-refractivity contribution in [2.24, 2.45) is 0 Å². The molecule has 5 nitrogen and oxygen atoms in total. The topological polar surface area (TPSA) is 71.3 Å². The molecule has 0 fully saturated rings. The summed E-state index contributed by atoms with van der Waals surface area (Å²) in [5, 5.41) is 2.99. The zero-order chi connectivity index (χ0) is 15.3. The molecule has 2 N–H and O–H groups in total. The molecule has 1 heterocycles. The molecule has 0 aliphatic carbocycles. The van der Waals surface area contributed by atoms with Crippen molar-refractivity contribution in [3.05, 3.63) is 48.0 Å². The Balaban J connectivity index is 1.87. The van der Waals surface area contributed by atoms with Gasteiger partial charge in [0.05, 0.1) is 12.3 Å². The van der Waals surface area contributed by atoms with Crippen molar-refractivity contribution in [2.45, 2.75) is 6.54 Å². The molecule has 0 unspecified atom stereocenters. The summed E-state index contributed by atoms with van der Waals surface area (Å²) in [6, 6.07) is 9.64. The highest BCUT2D eigenvalue weighted by Gasteiger charge is 2.07. The Morgan fingerprint density at radius 3 is 2.52 bits per heavy atom. The van der Waals surface area contributed by atoms with Crippen LogP contribution >= 0.6 is 0 Å². The van der Waals surface area contributed by atoms with Crippen molar-refractivity contribution in [1.29, 1.82) is 0 Å². The molecule has 0 aliphatic heterocycles. The maximum absolute atomic E-state index is 12.8. The van der Waals surface area contributed by atoms with Crippen LogP contribution in [0.3, 0.4) is 0 Å². The van der Waals surface area contributed by atoms with E-state index >= 15 is 0 Å². The molecule has 0 saturated heterocycles. The van der Waals surface area contributed by atoms with Crippen LogP contribution in [0, 0.1) is 5.82 Å². The summed E-state index contributed by atoms with van der Waals surface area (Å²) < 4.78 is 43.2. The first kappa shape index (κ1) is 15.7. The van der Waals surface area contributed by atoms with Gasteiger partial charge in [0.15, 0.2) is 0 Å². The SMILES string of the molecule is CNS(=O)(=O)CCNCc1ccc(-c2ccc(F)cc2)o1. The fourth-order valence-corrected chi connectivity index (χ4v) is 2.38. The lowest BCUT2D eigenvalue weighted by Gasteiger charge is -2.03. The lowest BCUT2D eigenvalue weighted by atomic mass is 10.2. The summed E-state index contributed by atoms with van der Waals surface area (Å²) in [5.41, 5.74) is 0.792. The minimum atomic E-state index is -3.19. The van der Waals surface area contributed by atoms with E-state index in [9.17, 15) is 12.8 Å². The third-order valence-electron chi connectivity index (χ3n) is 2.95. The van der Waals surface area contributed by atoms with Gasteiger partial charge in [-0.05, 0) is 43.4 Å². The average Bonchev–Trinajstić information content (AvgIpc) is 2.93. The monoisotopic (exact) mass is 312 g/mol.